The number of nitrogens with one attached hydrogen (secondary N) is 1. The van der Waals surface area contributed by atoms with Crippen molar-refractivity contribution in [3.8, 4) is 0 Å². The summed E-state index contributed by atoms with van der Waals surface area (Å²) in [4.78, 5) is 11.9. The maximum absolute atomic E-state index is 13.0. The molecule has 0 atom stereocenters. The predicted molar refractivity (Wildman–Crippen MR) is 91.7 cm³/mol. The predicted octanol–water partition coefficient (Wildman–Crippen LogP) is 2.09. The Morgan fingerprint density at radius 3 is 2.04 bits per heavy atom. The molecule has 0 aliphatic rings. The molecule has 0 saturated carbocycles. The largest absolute Gasteiger partial charge is 0.354 e. The number of hydrogen-bond acceptors (Lipinski definition) is 3. The SMILES string of the molecule is CS(=O)(=O)N(CCNC(=O)Cc1ccc(F)cc1)c1ccc(F)cc1. The molecular formula is C17H18F2N2O3S. The standard InChI is InChI=1S/C17H18F2N2O3S/c1-25(23,24)21(16-8-6-15(19)7-9-16)11-10-20-17(22)12-13-2-4-14(18)5-3-13/h2-9H,10-12H2,1H3,(H,20,22). The summed E-state index contributed by atoms with van der Waals surface area (Å²) in [5, 5.41) is 2.62. The van der Waals surface area contributed by atoms with Gasteiger partial charge in [0, 0.05) is 6.54 Å². The van der Waals surface area contributed by atoms with Gasteiger partial charge in [0.25, 0.3) is 0 Å². The molecule has 0 aliphatic heterocycles. The molecule has 1 N–H and O–H groups in total. The zero-order chi connectivity index (χ0) is 18.4. The van der Waals surface area contributed by atoms with Crippen LogP contribution in [0.3, 0.4) is 0 Å². The van der Waals surface area contributed by atoms with Crippen LogP contribution in [0, 0.1) is 11.6 Å². The summed E-state index contributed by atoms with van der Waals surface area (Å²) in [6, 6.07) is 10.6. The van der Waals surface area contributed by atoms with Gasteiger partial charge in [-0.15, -0.1) is 0 Å². The third kappa shape index (κ3) is 5.82. The summed E-state index contributed by atoms with van der Waals surface area (Å²) in [6.45, 7) is 0.101. The molecule has 0 unspecified atom stereocenters. The lowest BCUT2D eigenvalue weighted by atomic mass is 10.1. The lowest BCUT2D eigenvalue weighted by Gasteiger charge is -2.22. The quantitative estimate of drug-likeness (QED) is 0.814. The van der Waals surface area contributed by atoms with Crippen LogP contribution in [0.2, 0.25) is 0 Å². The second-order valence-electron chi connectivity index (χ2n) is 5.46. The minimum atomic E-state index is -3.57. The smallest absolute Gasteiger partial charge is 0.232 e. The molecule has 0 bridgehead atoms. The number of benzene rings is 2. The molecule has 2 aromatic rings. The number of sulfonamides is 1. The topological polar surface area (TPSA) is 66.5 Å². The van der Waals surface area contributed by atoms with E-state index in [0.29, 0.717) is 11.3 Å². The molecule has 0 aliphatic carbocycles. The summed E-state index contributed by atoms with van der Waals surface area (Å²) in [5.41, 5.74) is 0.967. The highest BCUT2D eigenvalue weighted by Crippen LogP contribution is 2.17. The minimum Gasteiger partial charge on any atom is -0.354 e. The number of carbonyl (C=O) groups excluding carboxylic acids is 1. The number of amides is 1. The highest BCUT2D eigenvalue weighted by Gasteiger charge is 2.17. The van der Waals surface area contributed by atoms with Crippen molar-refractivity contribution in [3.05, 3.63) is 65.7 Å². The van der Waals surface area contributed by atoms with Gasteiger partial charge in [-0.3, -0.25) is 9.10 Å². The average molecular weight is 368 g/mol. The average Bonchev–Trinajstić information content (AvgIpc) is 2.54. The van der Waals surface area contributed by atoms with Crippen molar-refractivity contribution in [2.45, 2.75) is 6.42 Å². The number of hydrogen-bond donors (Lipinski definition) is 1. The Labute approximate surface area is 145 Å². The molecule has 2 rings (SSSR count). The van der Waals surface area contributed by atoms with E-state index in [0.717, 1.165) is 10.6 Å². The van der Waals surface area contributed by atoms with Crippen molar-refractivity contribution in [1.29, 1.82) is 0 Å². The van der Waals surface area contributed by atoms with Crippen molar-refractivity contribution in [2.24, 2.45) is 0 Å². The van der Waals surface area contributed by atoms with Gasteiger partial charge >= 0.3 is 0 Å². The van der Waals surface area contributed by atoms with Gasteiger partial charge in [0.1, 0.15) is 11.6 Å². The van der Waals surface area contributed by atoms with Crippen LogP contribution >= 0.6 is 0 Å². The normalized spacial score (nSPS) is 11.2. The molecule has 0 aromatic heterocycles. The molecule has 8 heteroatoms. The number of carbonyl (C=O) groups is 1. The van der Waals surface area contributed by atoms with Crippen molar-refractivity contribution in [3.63, 3.8) is 0 Å². The highest BCUT2D eigenvalue weighted by molar-refractivity contribution is 7.92. The van der Waals surface area contributed by atoms with E-state index in [2.05, 4.69) is 5.32 Å². The molecule has 0 saturated heterocycles. The Morgan fingerprint density at radius 2 is 1.52 bits per heavy atom. The van der Waals surface area contributed by atoms with Crippen molar-refractivity contribution >= 4 is 21.6 Å². The zero-order valence-corrected chi connectivity index (χ0v) is 14.4. The van der Waals surface area contributed by atoms with Crippen molar-refractivity contribution in [1.82, 2.24) is 5.32 Å². The lowest BCUT2D eigenvalue weighted by molar-refractivity contribution is -0.120. The fourth-order valence-corrected chi connectivity index (χ4v) is 3.17. The molecule has 134 valence electrons. The van der Waals surface area contributed by atoms with Crippen LogP contribution in [-0.4, -0.2) is 33.7 Å². The van der Waals surface area contributed by atoms with Crippen LogP contribution in [0.25, 0.3) is 0 Å². The molecule has 5 nitrogen and oxygen atoms in total. The molecule has 2 aromatic carbocycles. The fourth-order valence-electron chi connectivity index (χ4n) is 2.24. The summed E-state index contributed by atoms with van der Waals surface area (Å²) in [7, 11) is -3.57. The molecule has 0 spiro atoms. The van der Waals surface area contributed by atoms with Crippen LogP contribution in [0.1, 0.15) is 5.56 Å². The maximum atomic E-state index is 13.0. The van der Waals surface area contributed by atoms with Gasteiger partial charge in [0.2, 0.25) is 15.9 Å². The summed E-state index contributed by atoms with van der Waals surface area (Å²) >= 11 is 0. The number of anilines is 1. The first kappa shape index (κ1) is 18.9. The number of rotatable bonds is 7. The molecule has 1 amide bonds. The first-order chi connectivity index (χ1) is 11.8. The molecular weight excluding hydrogens is 350 g/mol. The second-order valence-corrected chi connectivity index (χ2v) is 7.37. The van der Waals surface area contributed by atoms with Gasteiger partial charge in [-0.05, 0) is 42.0 Å². The Morgan fingerprint density at radius 1 is 1.00 bits per heavy atom. The van der Waals surface area contributed by atoms with E-state index in [1.165, 1.54) is 48.5 Å². The Hall–Kier alpha value is -2.48. The van der Waals surface area contributed by atoms with E-state index in [9.17, 15) is 22.0 Å². The van der Waals surface area contributed by atoms with Crippen LogP contribution in [0.15, 0.2) is 48.5 Å². The zero-order valence-electron chi connectivity index (χ0n) is 13.6. The van der Waals surface area contributed by atoms with Gasteiger partial charge < -0.3 is 5.32 Å². The number of halogens is 2. The van der Waals surface area contributed by atoms with Crippen LogP contribution in [0.4, 0.5) is 14.5 Å². The van der Waals surface area contributed by atoms with E-state index < -0.39 is 15.8 Å². The van der Waals surface area contributed by atoms with Crippen molar-refractivity contribution < 1.29 is 22.0 Å². The van der Waals surface area contributed by atoms with E-state index in [1.54, 1.807) is 0 Å². The third-order valence-corrected chi connectivity index (χ3v) is 4.62. The van der Waals surface area contributed by atoms with Gasteiger partial charge in [0.05, 0.1) is 24.9 Å². The molecule has 25 heavy (non-hydrogen) atoms. The van der Waals surface area contributed by atoms with Gasteiger partial charge in [-0.1, -0.05) is 12.1 Å². The van der Waals surface area contributed by atoms with Crippen LogP contribution in [-0.2, 0) is 21.2 Å². The lowest BCUT2D eigenvalue weighted by Crippen LogP contribution is -2.38. The van der Waals surface area contributed by atoms with Gasteiger partial charge in [-0.2, -0.15) is 0 Å². The Kier molecular flexibility index (Phi) is 6.08. The summed E-state index contributed by atoms with van der Waals surface area (Å²) < 4.78 is 50.7. The molecule has 0 fully saturated rings. The van der Waals surface area contributed by atoms with Crippen molar-refractivity contribution in [2.75, 3.05) is 23.7 Å². The Balaban J connectivity index is 1.93. The molecule has 0 heterocycles. The monoisotopic (exact) mass is 368 g/mol. The van der Waals surface area contributed by atoms with Gasteiger partial charge in [-0.25, -0.2) is 17.2 Å². The van der Waals surface area contributed by atoms with E-state index >= 15 is 0 Å². The van der Waals surface area contributed by atoms with E-state index in [-0.39, 0.29) is 31.2 Å². The Bertz CT molecular complexity index is 822. The maximum Gasteiger partial charge on any atom is 0.232 e. The third-order valence-electron chi connectivity index (χ3n) is 3.43. The summed E-state index contributed by atoms with van der Waals surface area (Å²) in [6.07, 6.45) is 1.10. The van der Waals surface area contributed by atoms with Crippen LogP contribution < -0.4 is 9.62 Å². The van der Waals surface area contributed by atoms with Gasteiger partial charge in [0.15, 0.2) is 0 Å². The van der Waals surface area contributed by atoms with Crippen LogP contribution in [0.5, 0.6) is 0 Å². The summed E-state index contributed by atoms with van der Waals surface area (Å²) in [5.74, 6) is -1.16. The first-order valence-electron chi connectivity index (χ1n) is 7.50. The second kappa shape index (κ2) is 8.06. The fraction of sp³-hybridized carbons (Fsp3) is 0.235. The van der Waals surface area contributed by atoms with E-state index in [1.807, 2.05) is 0 Å². The minimum absolute atomic E-state index is 0.0135. The first-order valence-corrected chi connectivity index (χ1v) is 9.35. The highest BCUT2D eigenvalue weighted by atomic mass is 32.2. The van der Waals surface area contributed by atoms with E-state index in [4.69, 9.17) is 0 Å². The number of nitrogens with zero attached hydrogens (tertiary/aromatic N) is 1. The molecule has 0 radical (unpaired) electrons.